The molecule has 0 fully saturated rings. The van der Waals surface area contributed by atoms with E-state index in [-0.39, 0.29) is 6.61 Å². The quantitative estimate of drug-likeness (QED) is 0.780. The molecule has 0 aromatic carbocycles. The van der Waals surface area contributed by atoms with Gasteiger partial charge >= 0.3 is 5.97 Å². The SMILES string of the molecule is COC(=O)COc1ncnc2sc(C)c(C)c12. The van der Waals surface area contributed by atoms with Crippen molar-refractivity contribution >= 4 is 27.5 Å². The van der Waals surface area contributed by atoms with Crippen LogP contribution in [0.15, 0.2) is 6.33 Å². The van der Waals surface area contributed by atoms with Crippen molar-refractivity contribution in [1.82, 2.24) is 9.97 Å². The molecule has 0 radical (unpaired) electrons. The Kier molecular flexibility index (Phi) is 3.23. The fourth-order valence-electron chi connectivity index (χ4n) is 1.45. The lowest BCUT2D eigenvalue weighted by atomic mass is 10.2. The van der Waals surface area contributed by atoms with Crippen LogP contribution in [0.3, 0.4) is 0 Å². The Balaban J connectivity index is 2.37. The highest BCUT2D eigenvalue weighted by Crippen LogP contribution is 2.33. The predicted octanol–water partition coefficient (Wildman–Crippen LogP) is 1.86. The summed E-state index contributed by atoms with van der Waals surface area (Å²) < 4.78 is 9.86. The lowest BCUT2D eigenvalue weighted by molar-refractivity contribution is -0.142. The minimum absolute atomic E-state index is 0.142. The van der Waals surface area contributed by atoms with Crippen LogP contribution in [0.5, 0.6) is 5.88 Å². The van der Waals surface area contributed by atoms with E-state index in [2.05, 4.69) is 14.7 Å². The maximum Gasteiger partial charge on any atom is 0.343 e. The van der Waals surface area contributed by atoms with Crippen LogP contribution >= 0.6 is 11.3 Å². The normalized spacial score (nSPS) is 10.5. The Labute approximate surface area is 102 Å². The molecule has 0 aliphatic heterocycles. The second-order valence-electron chi connectivity index (χ2n) is 3.51. The van der Waals surface area contributed by atoms with Gasteiger partial charge in [-0.25, -0.2) is 14.8 Å². The van der Waals surface area contributed by atoms with Crippen LogP contribution < -0.4 is 4.74 Å². The zero-order valence-corrected chi connectivity index (χ0v) is 10.6. The van der Waals surface area contributed by atoms with Gasteiger partial charge < -0.3 is 9.47 Å². The average molecular weight is 252 g/mol. The molecule has 0 unspecified atom stereocenters. The Morgan fingerprint density at radius 2 is 2.18 bits per heavy atom. The molecule has 0 N–H and O–H groups in total. The first-order valence-corrected chi connectivity index (χ1v) is 5.85. The first kappa shape index (κ1) is 11.8. The van der Waals surface area contributed by atoms with Gasteiger partial charge in [-0.1, -0.05) is 0 Å². The lowest BCUT2D eigenvalue weighted by Gasteiger charge is -2.05. The number of esters is 1. The molecule has 5 nitrogen and oxygen atoms in total. The summed E-state index contributed by atoms with van der Waals surface area (Å²) in [4.78, 5) is 21.3. The van der Waals surface area contributed by atoms with E-state index >= 15 is 0 Å². The highest BCUT2D eigenvalue weighted by molar-refractivity contribution is 7.18. The summed E-state index contributed by atoms with van der Waals surface area (Å²) in [5.41, 5.74) is 1.09. The van der Waals surface area contributed by atoms with Gasteiger partial charge in [0.1, 0.15) is 11.2 Å². The molecular weight excluding hydrogens is 240 g/mol. The Bertz CT molecular complexity index is 565. The van der Waals surface area contributed by atoms with E-state index < -0.39 is 5.97 Å². The van der Waals surface area contributed by atoms with Crippen LogP contribution in [0, 0.1) is 13.8 Å². The van der Waals surface area contributed by atoms with Crippen molar-refractivity contribution in [2.75, 3.05) is 13.7 Å². The van der Waals surface area contributed by atoms with E-state index in [9.17, 15) is 4.79 Å². The van der Waals surface area contributed by atoms with Crippen molar-refractivity contribution in [2.45, 2.75) is 13.8 Å². The summed E-state index contributed by atoms with van der Waals surface area (Å²) in [5.74, 6) is 0.00335. The maximum atomic E-state index is 11.0. The number of carbonyl (C=O) groups is 1. The number of methoxy groups -OCH3 is 1. The van der Waals surface area contributed by atoms with E-state index in [1.54, 1.807) is 11.3 Å². The van der Waals surface area contributed by atoms with E-state index in [4.69, 9.17) is 4.74 Å². The van der Waals surface area contributed by atoms with E-state index in [0.717, 1.165) is 15.8 Å². The number of fused-ring (bicyclic) bond motifs is 1. The fourth-order valence-corrected chi connectivity index (χ4v) is 2.43. The maximum absolute atomic E-state index is 11.0. The summed E-state index contributed by atoms with van der Waals surface area (Å²) in [6.07, 6.45) is 1.43. The minimum Gasteiger partial charge on any atom is -0.466 e. The van der Waals surface area contributed by atoms with Gasteiger partial charge in [0.2, 0.25) is 5.88 Å². The molecule has 2 rings (SSSR count). The molecule has 0 saturated carbocycles. The van der Waals surface area contributed by atoms with Gasteiger partial charge in [0, 0.05) is 4.88 Å². The molecular formula is C11H12N2O3S. The number of rotatable bonds is 3. The zero-order valence-electron chi connectivity index (χ0n) is 9.81. The second-order valence-corrected chi connectivity index (χ2v) is 4.71. The first-order chi connectivity index (χ1) is 8.13. The lowest BCUT2D eigenvalue weighted by Crippen LogP contribution is -2.13. The van der Waals surface area contributed by atoms with Gasteiger partial charge in [-0.15, -0.1) is 11.3 Å². The van der Waals surface area contributed by atoms with Crippen LogP contribution in [0.4, 0.5) is 0 Å². The molecule has 0 bridgehead atoms. The molecule has 2 aromatic heterocycles. The third-order valence-electron chi connectivity index (χ3n) is 2.48. The van der Waals surface area contributed by atoms with Gasteiger partial charge in [0.05, 0.1) is 12.5 Å². The summed E-state index contributed by atoms with van der Waals surface area (Å²) in [6, 6.07) is 0. The van der Waals surface area contributed by atoms with Crippen LogP contribution in [0.25, 0.3) is 10.2 Å². The minimum atomic E-state index is -0.429. The van der Waals surface area contributed by atoms with Crippen molar-refractivity contribution in [3.05, 3.63) is 16.8 Å². The number of hydrogen-bond acceptors (Lipinski definition) is 6. The van der Waals surface area contributed by atoms with Crippen LogP contribution in [-0.4, -0.2) is 29.7 Å². The molecule has 0 aliphatic rings. The first-order valence-electron chi connectivity index (χ1n) is 5.03. The smallest absolute Gasteiger partial charge is 0.343 e. The molecule has 0 spiro atoms. The third-order valence-corrected chi connectivity index (χ3v) is 3.60. The predicted molar refractivity (Wildman–Crippen MR) is 64.4 cm³/mol. The van der Waals surface area contributed by atoms with Crippen molar-refractivity contribution in [3.8, 4) is 5.88 Å². The van der Waals surface area contributed by atoms with Crippen molar-refractivity contribution in [3.63, 3.8) is 0 Å². The highest BCUT2D eigenvalue weighted by Gasteiger charge is 2.13. The number of ether oxygens (including phenoxy) is 2. The summed E-state index contributed by atoms with van der Waals surface area (Å²) >= 11 is 1.59. The number of aromatic nitrogens is 2. The topological polar surface area (TPSA) is 61.3 Å². The van der Waals surface area contributed by atoms with Crippen molar-refractivity contribution in [1.29, 1.82) is 0 Å². The standard InChI is InChI=1S/C11H12N2O3S/c1-6-7(2)17-11-9(6)10(12-5-13-11)16-4-8(14)15-3/h5H,4H2,1-3H3. The van der Waals surface area contributed by atoms with E-state index in [0.29, 0.717) is 5.88 Å². The van der Waals surface area contributed by atoms with Gasteiger partial charge in [0.25, 0.3) is 0 Å². The van der Waals surface area contributed by atoms with Crippen molar-refractivity contribution < 1.29 is 14.3 Å². The number of carbonyl (C=O) groups excluding carboxylic acids is 1. The molecule has 0 atom stereocenters. The number of hydrogen-bond donors (Lipinski definition) is 0. The second kappa shape index (κ2) is 4.67. The molecule has 17 heavy (non-hydrogen) atoms. The molecule has 0 aliphatic carbocycles. The highest BCUT2D eigenvalue weighted by atomic mass is 32.1. The molecule has 6 heteroatoms. The van der Waals surface area contributed by atoms with Gasteiger partial charge in [-0.05, 0) is 19.4 Å². The largest absolute Gasteiger partial charge is 0.466 e. The fraction of sp³-hybridized carbons (Fsp3) is 0.364. The number of nitrogens with zero attached hydrogens (tertiary/aromatic N) is 2. The Hall–Kier alpha value is -1.69. The Morgan fingerprint density at radius 1 is 1.41 bits per heavy atom. The van der Waals surface area contributed by atoms with Crippen LogP contribution in [0.1, 0.15) is 10.4 Å². The molecule has 90 valence electrons. The van der Waals surface area contributed by atoms with Crippen molar-refractivity contribution in [2.24, 2.45) is 0 Å². The number of aryl methyl sites for hydroxylation is 2. The van der Waals surface area contributed by atoms with Crippen LogP contribution in [0.2, 0.25) is 0 Å². The van der Waals surface area contributed by atoms with Gasteiger partial charge in [-0.3, -0.25) is 0 Å². The van der Waals surface area contributed by atoms with Gasteiger partial charge in [-0.2, -0.15) is 0 Å². The Morgan fingerprint density at radius 3 is 2.88 bits per heavy atom. The summed E-state index contributed by atoms with van der Waals surface area (Å²) in [7, 11) is 1.32. The summed E-state index contributed by atoms with van der Waals surface area (Å²) in [5, 5.41) is 0.874. The average Bonchev–Trinajstić information content (AvgIpc) is 2.63. The number of thiophene rings is 1. The van der Waals surface area contributed by atoms with Crippen LogP contribution in [-0.2, 0) is 9.53 Å². The molecule has 2 aromatic rings. The molecule has 2 heterocycles. The molecule has 0 amide bonds. The zero-order chi connectivity index (χ0) is 12.4. The van der Waals surface area contributed by atoms with E-state index in [1.807, 2.05) is 13.8 Å². The monoisotopic (exact) mass is 252 g/mol. The molecule has 0 saturated heterocycles. The third kappa shape index (κ3) is 2.21. The summed E-state index contributed by atoms with van der Waals surface area (Å²) in [6.45, 7) is 3.87. The van der Waals surface area contributed by atoms with Gasteiger partial charge in [0.15, 0.2) is 6.61 Å². The van der Waals surface area contributed by atoms with E-state index in [1.165, 1.54) is 18.3 Å².